The zero-order valence-corrected chi connectivity index (χ0v) is 11.5. The van der Waals surface area contributed by atoms with Gasteiger partial charge in [-0.15, -0.1) is 0 Å². The second-order valence-corrected chi connectivity index (χ2v) is 5.26. The van der Waals surface area contributed by atoms with Crippen molar-refractivity contribution < 1.29 is 13.2 Å². The van der Waals surface area contributed by atoms with E-state index in [1.54, 1.807) is 0 Å². The predicted octanol–water partition coefficient (Wildman–Crippen LogP) is 2.47. The second-order valence-electron chi connectivity index (χ2n) is 5.26. The molecule has 0 spiro atoms. The van der Waals surface area contributed by atoms with Gasteiger partial charge in [0.15, 0.2) is 0 Å². The van der Waals surface area contributed by atoms with Gasteiger partial charge in [0.2, 0.25) is 0 Å². The SMILES string of the molecule is Cc1cc(NCC2CCN(CC(F)(F)F)CC2)ncn1. The quantitative estimate of drug-likeness (QED) is 0.924. The summed E-state index contributed by atoms with van der Waals surface area (Å²) in [6.45, 7) is 2.86. The van der Waals surface area contributed by atoms with E-state index in [0.717, 1.165) is 30.9 Å². The van der Waals surface area contributed by atoms with Crippen molar-refractivity contribution in [1.29, 1.82) is 0 Å². The zero-order chi connectivity index (χ0) is 14.6. The fourth-order valence-corrected chi connectivity index (χ4v) is 2.40. The Morgan fingerprint density at radius 3 is 2.60 bits per heavy atom. The lowest BCUT2D eigenvalue weighted by Gasteiger charge is -2.32. The molecule has 0 saturated carbocycles. The molecule has 0 bridgehead atoms. The number of piperidine rings is 1. The molecule has 20 heavy (non-hydrogen) atoms. The fraction of sp³-hybridized carbons (Fsp3) is 0.692. The van der Waals surface area contributed by atoms with Crippen LogP contribution >= 0.6 is 0 Å². The van der Waals surface area contributed by atoms with Crippen molar-refractivity contribution in [3.8, 4) is 0 Å². The highest BCUT2D eigenvalue weighted by Gasteiger charge is 2.32. The molecule has 0 radical (unpaired) electrons. The minimum atomic E-state index is -4.09. The number of halogens is 3. The zero-order valence-electron chi connectivity index (χ0n) is 11.5. The summed E-state index contributed by atoms with van der Waals surface area (Å²) in [5.41, 5.74) is 0.891. The Hall–Kier alpha value is -1.37. The Morgan fingerprint density at radius 2 is 2.00 bits per heavy atom. The smallest absolute Gasteiger partial charge is 0.370 e. The Balaban J connectivity index is 1.72. The Morgan fingerprint density at radius 1 is 1.30 bits per heavy atom. The van der Waals surface area contributed by atoms with E-state index in [2.05, 4.69) is 15.3 Å². The molecule has 0 aliphatic carbocycles. The molecule has 0 aromatic carbocycles. The van der Waals surface area contributed by atoms with Crippen LogP contribution in [0, 0.1) is 12.8 Å². The van der Waals surface area contributed by atoms with Gasteiger partial charge in [-0.1, -0.05) is 0 Å². The molecule has 1 N–H and O–H groups in total. The number of hydrogen-bond acceptors (Lipinski definition) is 4. The van der Waals surface area contributed by atoms with Crippen molar-refractivity contribution in [2.75, 3.05) is 31.5 Å². The first kappa shape index (κ1) is 15.0. The van der Waals surface area contributed by atoms with Crippen LogP contribution in [0.2, 0.25) is 0 Å². The molecule has 1 aliphatic rings. The van der Waals surface area contributed by atoms with E-state index >= 15 is 0 Å². The van der Waals surface area contributed by atoms with Gasteiger partial charge in [-0.25, -0.2) is 9.97 Å². The molecule has 1 aromatic rings. The van der Waals surface area contributed by atoms with E-state index in [1.165, 1.54) is 11.2 Å². The summed E-state index contributed by atoms with van der Waals surface area (Å²) in [7, 11) is 0. The Labute approximate surface area is 116 Å². The van der Waals surface area contributed by atoms with Crippen LogP contribution in [0.1, 0.15) is 18.5 Å². The number of anilines is 1. The number of nitrogens with zero attached hydrogens (tertiary/aromatic N) is 3. The van der Waals surface area contributed by atoms with E-state index < -0.39 is 12.7 Å². The number of alkyl halides is 3. The lowest BCUT2D eigenvalue weighted by Crippen LogP contribution is -2.41. The highest BCUT2D eigenvalue weighted by atomic mass is 19.4. The number of rotatable bonds is 4. The van der Waals surface area contributed by atoms with Gasteiger partial charge in [-0.05, 0) is 38.8 Å². The van der Waals surface area contributed by atoms with Crippen LogP contribution in [0.25, 0.3) is 0 Å². The average Bonchev–Trinajstić information content (AvgIpc) is 2.36. The van der Waals surface area contributed by atoms with Gasteiger partial charge in [0.05, 0.1) is 6.54 Å². The van der Waals surface area contributed by atoms with E-state index in [-0.39, 0.29) is 0 Å². The van der Waals surface area contributed by atoms with Gasteiger partial charge in [0, 0.05) is 18.3 Å². The average molecular weight is 288 g/mol. The number of likely N-dealkylation sites (tertiary alicyclic amines) is 1. The number of hydrogen-bond donors (Lipinski definition) is 1. The topological polar surface area (TPSA) is 41.0 Å². The molecule has 0 atom stereocenters. The molecule has 1 aliphatic heterocycles. The Bertz CT molecular complexity index is 428. The van der Waals surface area contributed by atoms with E-state index in [4.69, 9.17) is 0 Å². The van der Waals surface area contributed by atoms with Gasteiger partial charge in [0.25, 0.3) is 0 Å². The summed E-state index contributed by atoms with van der Waals surface area (Å²) in [5.74, 6) is 1.17. The van der Waals surface area contributed by atoms with Crippen molar-refractivity contribution in [2.24, 2.45) is 5.92 Å². The van der Waals surface area contributed by atoms with Gasteiger partial charge in [0.1, 0.15) is 12.1 Å². The molecule has 0 amide bonds. The molecule has 1 saturated heterocycles. The van der Waals surface area contributed by atoms with Crippen LogP contribution in [0.15, 0.2) is 12.4 Å². The van der Waals surface area contributed by atoms with Gasteiger partial charge >= 0.3 is 6.18 Å². The lowest BCUT2D eigenvalue weighted by molar-refractivity contribution is -0.148. The summed E-state index contributed by atoms with van der Waals surface area (Å²) in [4.78, 5) is 9.60. The van der Waals surface area contributed by atoms with Crippen molar-refractivity contribution in [1.82, 2.24) is 14.9 Å². The number of aryl methyl sites for hydroxylation is 1. The monoisotopic (exact) mass is 288 g/mol. The highest BCUT2D eigenvalue weighted by molar-refractivity contribution is 5.34. The van der Waals surface area contributed by atoms with Gasteiger partial charge < -0.3 is 5.32 Å². The summed E-state index contributed by atoms with van der Waals surface area (Å²) < 4.78 is 36.8. The highest BCUT2D eigenvalue weighted by Crippen LogP contribution is 2.22. The third-order valence-electron chi connectivity index (χ3n) is 3.49. The third-order valence-corrected chi connectivity index (χ3v) is 3.49. The minimum absolute atomic E-state index is 0.398. The van der Waals surface area contributed by atoms with Crippen LogP contribution < -0.4 is 5.32 Å². The van der Waals surface area contributed by atoms with E-state index in [9.17, 15) is 13.2 Å². The fourth-order valence-electron chi connectivity index (χ4n) is 2.40. The predicted molar refractivity (Wildman–Crippen MR) is 70.5 cm³/mol. The van der Waals surface area contributed by atoms with Gasteiger partial charge in [-0.2, -0.15) is 13.2 Å². The second kappa shape index (κ2) is 6.39. The maximum absolute atomic E-state index is 12.3. The molecule has 1 fully saturated rings. The van der Waals surface area contributed by atoms with Crippen molar-refractivity contribution in [3.63, 3.8) is 0 Å². The van der Waals surface area contributed by atoms with Crippen molar-refractivity contribution in [3.05, 3.63) is 18.1 Å². The molecule has 0 unspecified atom stereocenters. The van der Waals surface area contributed by atoms with Gasteiger partial charge in [-0.3, -0.25) is 4.90 Å². The first-order chi connectivity index (χ1) is 9.42. The van der Waals surface area contributed by atoms with E-state index in [1.807, 2.05) is 13.0 Å². The van der Waals surface area contributed by atoms with Crippen LogP contribution in [0.3, 0.4) is 0 Å². The number of nitrogens with one attached hydrogen (secondary N) is 1. The van der Waals surface area contributed by atoms with Crippen molar-refractivity contribution >= 4 is 5.82 Å². The molecule has 4 nitrogen and oxygen atoms in total. The normalized spacial score (nSPS) is 18.2. The molecular weight excluding hydrogens is 269 g/mol. The summed E-state index contributed by atoms with van der Waals surface area (Å²) in [6, 6.07) is 1.86. The third kappa shape index (κ3) is 4.96. The maximum atomic E-state index is 12.3. The van der Waals surface area contributed by atoms with Crippen LogP contribution in [-0.2, 0) is 0 Å². The first-order valence-electron chi connectivity index (χ1n) is 6.74. The molecule has 112 valence electrons. The molecule has 2 rings (SSSR count). The molecular formula is C13H19F3N4. The van der Waals surface area contributed by atoms with E-state index in [0.29, 0.717) is 19.0 Å². The lowest BCUT2D eigenvalue weighted by atomic mass is 9.97. The Kier molecular flexibility index (Phi) is 4.80. The van der Waals surface area contributed by atoms with Crippen LogP contribution in [0.4, 0.5) is 19.0 Å². The largest absolute Gasteiger partial charge is 0.401 e. The van der Waals surface area contributed by atoms with Crippen LogP contribution in [-0.4, -0.2) is 47.2 Å². The first-order valence-corrected chi connectivity index (χ1v) is 6.74. The van der Waals surface area contributed by atoms with Crippen LogP contribution in [0.5, 0.6) is 0 Å². The standard InChI is InChI=1S/C13H19F3N4/c1-10-6-12(19-9-18-10)17-7-11-2-4-20(5-3-11)8-13(14,15)16/h6,9,11H,2-5,7-8H2,1H3,(H,17,18,19). The summed E-state index contributed by atoms with van der Waals surface area (Å²) in [5, 5.41) is 3.23. The molecule has 7 heteroatoms. The van der Waals surface area contributed by atoms with Crippen molar-refractivity contribution in [2.45, 2.75) is 25.9 Å². The molecule has 2 heterocycles. The molecule has 1 aromatic heterocycles. The maximum Gasteiger partial charge on any atom is 0.401 e. The minimum Gasteiger partial charge on any atom is -0.370 e. The summed E-state index contributed by atoms with van der Waals surface area (Å²) >= 11 is 0. The number of aromatic nitrogens is 2. The summed E-state index contributed by atoms with van der Waals surface area (Å²) in [6.07, 6.45) is -1.02.